The van der Waals surface area contributed by atoms with Crippen LogP contribution in [0.2, 0.25) is 0 Å². The molecule has 0 radical (unpaired) electrons. The molecule has 0 atom stereocenters. The third-order valence-corrected chi connectivity index (χ3v) is 4.99. The number of nitrogens with zero attached hydrogens (tertiary/aromatic N) is 1. The van der Waals surface area contributed by atoms with Crippen LogP contribution in [-0.2, 0) is 10.5 Å². The van der Waals surface area contributed by atoms with E-state index in [1.807, 2.05) is 11.4 Å². The third kappa shape index (κ3) is 3.34. The summed E-state index contributed by atoms with van der Waals surface area (Å²) in [5.74, 6) is 0.491. The molecule has 0 N–H and O–H groups in total. The van der Waals surface area contributed by atoms with Gasteiger partial charge in [-0.3, -0.25) is 0 Å². The van der Waals surface area contributed by atoms with Crippen LogP contribution in [0, 0.1) is 0 Å². The van der Waals surface area contributed by atoms with E-state index < -0.39 is 0 Å². The number of ether oxygens (including phenoxy) is 1. The van der Waals surface area contributed by atoms with Gasteiger partial charge in [0.2, 0.25) is 0 Å². The molecule has 0 saturated heterocycles. The number of benzene rings is 1. The first-order chi connectivity index (χ1) is 8.70. The van der Waals surface area contributed by atoms with E-state index in [0.717, 1.165) is 20.1 Å². The van der Waals surface area contributed by atoms with E-state index in [1.54, 1.807) is 41.4 Å². The van der Waals surface area contributed by atoms with Gasteiger partial charge in [-0.25, -0.2) is 9.78 Å². The van der Waals surface area contributed by atoms with E-state index in [2.05, 4.69) is 25.7 Å². The van der Waals surface area contributed by atoms with E-state index >= 15 is 0 Å². The zero-order chi connectivity index (χ0) is 13.0. The molecular weight excluding hydrogens is 334 g/mol. The molecule has 0 aliphatic heterocycles. The molecule has 1 heterocycles. The first-order valence-electron chi connectivity index (χ1n) is 5.09. The summed E-state index contributed by atoms with van der Waals surface area (Å²) in [6, 6.07) is 5.48. The van der Waals surface area contributed by atoms with Crippen LogP contribution in [0.4, 0.5) is 0 Å². The Hall–Kier alpha value is -0.850. The van der Waals surface area contributed by atoms with Crippen LogP contribution in [0.15, 0.2) is 38.6 Å². The van der Waals surface area contributed by atoms with Crippen molar-refractivity contribution < 1.29 is 9.53 Å². The summed E-state index contributed by atoms with van der Waals surface area (Å²) < 4.78 is 6.63. The number of esters is 1. The zero-order valence-electron chi connectivity index (χ0n) is 9.55. The molecule has 0 fully saturated rings. The minimum absolute atomic E-state index is 0.324. The molecule has 0 spiro atoms. The highest BCUT2D eigenvalue weighted by Gasteiger charge is 2.09. The molecule has 0 bridgehead atoms. The summed E-state index contributed by atoms with van der Waals surface area (Å²) in [5.41, 5.74) is 1.68. The van der Waals surface area contributed by atoms with Crippen molar-refractivity contribution in [1.29, 1.82) is 0 Å². The van der Waals surface area contributed by atoms with Gasteiger partial charge in [-0.15, -0.1) is 11.3 Å². The summed E-state index contributed by atoms with van der Waals surface area (Å²) >= 11 is 6.77. The van der Waals surface area contributed by atoms with Crippen molar-refractivity contribution in [3.8, 4) is 0 Å². The van der Waals surface area contributed by atoms with Crippen LogP contribution in [0.25, 0.3) is 0 Å². The van der Waals surface area contributed by atoms with Gasteiger partial charge in [-0.05, 0) is 17.7 Å². The maximum absolute atomic E-state index is 11.4. The highest BCUT2D eigenvalue weighted by molar-refractivity contribution is 9.10. The molecule has 2 rings (SSSR count). The lowest BCUT2D eigenvalue weighted by atomic mass is 10.1. The Bertz CT molecular complexity index is 543. The maximum Gasteiger partial charge on any atom is 0.337 e. The highest BCUT2D eigenvalue weighted by atomic mass is 79.9. The van der Waals surface area contributed by atoms with E-state index in [1.165, 1.54) is 7.11 Å². The van der Waals surface area contributed by atoms with Gasteiger partial charge in [0.05, 0.1) is 12.7 Å². The smallest absolute Gasteiger partial charge is 0.337 e. The molecular formula is C12H10BrNO2S2. The fourth-order valence-electron chi connectivity index (χ4n) is 1.33. The van der Waals surface area contributed by atoms with Crippen molar-refractivity contribution in [3.05, 3.63) is 45.4 Å². The Kier molecular flexibility index (Phi) is 4.79. The van der Waals surface area contributed by atoms with Crippen molar-refractivity contribution in [1.82, 2.24) is 4.98 Å². The van der Waals surface area contributed by atoms with Crippen molar-refractivity contribution in [2.45, 2.75) is 10.1 Å². The Labute approximate surface area is 122 Å². The summed E-state index contributed by atoms with van der Waals surface area (Å²) in [5, 5.41) is 1.96. The number of carbonyl (C=O) groups is 1. The number of aromatic nitrogens is 1. The monoisotopic (exact) mass is 343 g/mol. The maximum atomic E-state index is 11.4. The summed E-state index contributed by atoms with van der Waals surface area (Å²) in [6.45, 7) is 0. The number of thioether (sulfide) groups is 1. The lowest BCUT2D eigenvalue weighted by Crippen LogP contribution is -2.01. The molecule has 0 saturated carbocycles. The molecule has 1 aromatic carbocycles. The van der Waals surface area contributed by atoms with Gasteiger partial charge < -0.3 is 4.74 Å². The quantitative estimate of drug-likeness (QED) is 0.621. The van der Waals surface area contributed by atoms with Crippen LogP contribution < -0.4 is 0 Å². The average Bonchev–Trinajstić information content (AvgIpc) is 2.89. The standard InChI is InChI=1S/C12H10BrNO2S2/c1-16-11(15)8-2-3-9(10(13)6-8)7-18-12-14-4-5-17-12/h2-6H,7H2,1H3. The lowest BCUT2D eigenvalue weighted by Gasteiger charge is -2.05. The Morgan fingerprint density at radius 2 is 2.39 bits per heavy atom. The number of rotatable bonds is 4. The highest BCUT2D eigenvalue weighted by Crippen LogP contribution is 2.28. The first kappa shape index (κ1) is 13.6. The van der Waals surface area contributed by atoms with E-state index in [-0.39, 0.29) is 5.97 Å². The molecule has 0 aliphatic rings. The van der Waals surface area contributed by atoms with E-state index in [4.69, 9.17) is 0 Å². The van der Waals surface area contributed by atoms with Crippen molar-refractivity contribution in [2.24, 2.45) is 0 Å². The van der Waals surface area contributed by atoms with Gasteiger partial charge in [-0.1, -0.05) is 33.8 Å². The molecule has 18 heavy (non-hydrogen) atoms. The van der Waals surface area contributed by atoms with Gasteiger partial charge in [0, 0.05) is 21.8 Å². The predicted octanol–water partition coefficient (Wildman–Crippen LogP) is 3.98. The van der Waals surface area contributed by atoms with Crippen molar-refractivity contribution in [3.63, 3.8) is 0 Å². The molecule has 94 valence electrons. The van der Waals surface area contributed by atoms with Gasteiger partial charge in [0.1, 0.15) is 4.34 Å². The minimum atomic E-state index is -0.324. The second-order valence-corrected chi connectivity index (χ2v) is 6.36. The zero-order valence-corrected chi connectivity index (χ0v) is 12.8. The van der Waals surface area contributed by atoms with Gasteiger partial charge in [0.25, 0.3) is 0 Å². The number of methoxy groups -OCH3 is 1. The Balaban J connectivity index is 2.08. The summed E-state index contributed by atoms with van der Waals surface area (Å²) in [7, 11) is 1.38. The fourth-order valence-corrected chi connectivity index (χ4v) is 3.68. The van der Waals surface area contributed by atoms with E-state index in [0.29, 0.717) is 5.56 Å². The van der Waals surface area contributed by atoms with Crippen molar-refractivity contribution >= 4 is 45.0 Å². The van der Waals surface area contributed by atoms with Crippen LogP contribution in [0.1, 0.15) is 15.9 Å². The number of hydrogen-bond acceptors (Lipinski definition) is 5. The third-order valence-electron chi connectivity index (χ3n) is 2.23. The van der Waals surface area contributed by atoms with Crippen LogP contribution >= 0.6 is 39.0 Å². The van der Waals surface area contributed by atoms with Gasteiger partial charge in [0.15, 0.2) is 0 Å². The SMILES string of the molecule is COC(=O)c1ccc(CSc2nccs2)c(Br)c1. The largest absolute Gasteiger partial charge is 0.465 e. The van der Waals surface area contributed by atoms with Gasteiger partial charge in [-0.2, -0.15) is 0 Å². The molecule has 0 amide bonds. The molecule has 6 heteroatoms. The molecule has 0 aliphatic carbocycles. The second-order valence-electron chi connectivity index (χ2n) is 3.38. The Morgan fingerprint density at radius 3 is 3.00 bits per heavy atom. The molecule has 1 aromatic heterocycles. The normalized spacial score (nSPS) is 10.3. The average molecular weight is 344 g/mol. The van der Waals surface area contributed by atoms with Gasteiger partial charge >= 0.3 is 5.97 Å². The number of hydrogen-bond donors (Lipinski definition) is 0. The topological polar surface area (TPSA) is 39.2 Å². The van der Waals surface area contributed by atoms with Crippen LogP contribution in [0.3, 0.4) is 0 Å². The number of thiazole rings is 1. The lowest BCUT2D eigenvalue weighted by molar-refractivity contribution is 0.0600. The fraction of sp³-hybridized carbons (Fsp3) is 0.167. The summed E-state index contributed by atoms with van der Waals surface area (Å²) in [6.07, 6.45) is 1.79. The minimum Gasteiger partial charge on any atom is -0.465 e. The predicted molar refractivity (Wildman–Crippen MR) is 77.2 cm³/mol. The van der Waals surface area contributed by atoms with E-state index in [9.17, 15) is 4.79 Å². The Morgan fingerprint density at radius 1 is 1.56 bits per heavy atom. The molecule has 2 aromatic rings. The van der Waals surface area contributed by atoms with Crippen LogP contribution in [-0.4, -0.2) is 18.1 Å². The molecule has 3 nitrogen and oxygen atoms in total. The summed E-state index contributed by atoms with van der Waals surface area (Å²) in [4.78, 5) is 15.6. The van der Waals surface area contributed by atoms with Crippen LogP contribution in [0.5, 0.6) is 0 Å². The number of carbonyl (C=O) groups excluding carboxylic acids is 1. The number of halogens is 1. The van der Waals surface area contributed by atoms with Crippen molar-refractivity contribution in [2.75, 3.05) is 7.11 Å². The second kappa shape index (κ2) is 6.36. The molecule has 0 unspecified atom stereocenters. The first-order valence-corrected chi connectivity index (χ1v) is 7.75.